The molecule has 0 fully saturated rings. The zero-order valence-electron chi connectivity index (χ0n) is 14.5. The maximum atomic E-state index is 5.75. The fourth-order valence-corrected chi connectivity index (χ4v) is 3.54. The van der Waals surface area contributed by atoms with E-state index in [1.165, 1.54) is 10.8 Å². The first-order valence-corrected chi connectivity index (χ1v) is 8.41. The molecule has 4 rings (SSSR count). The highest BCUT2D eigenvalue weighted by molar-refractivity contribution is 5.91. The molecule has 4 aromatic carbocycles. The van der Waals surface area contributed by atoms with Crippen LogP contribution in [-0.2, 0) is 6.42 Å². The number of benzene rings is 4. The zero-order valence-corrected chi connectivity index (χ0v) is 14.5. The summed E-state index contributed by atoms with van der Waals surface area (Å²) in [4.78, 5) is 0. The van der Waals surface area contributed by atoms with Crippen molar-refractivity contribution in [3.05, 3.63) is 83.9 Å². The minimum atomic E-state index is 0.766. The molecule has 2 heteroatoms. The van der Waals surface area contributed by atoms with Gasteiger partial charge in [-0.3, -0.25) is 0 Å². The van der Waals surface area contributed by atoms with E-state index in [0.717, 1.165) is 39.8 Å². The van der Waals surface area contributed by atoms with Gasteiger partial charge in [-0.05, 0) is 21.9 Å². The van der Waals surface area contributed by atoms with Gasteiger partial charge in [-0.15, -0.1) is 0 Å². The molecule has 0 spiro atoms. The van der Waals surface area contributed by atoms with Gasteiger partial charge in [0.2, 0.25) is 0 Å². The average Bonchev–Trinajstić information content (AvgIpc) is 2.67. The predicted molar refractivity (Wildman–Crippen MR) is 104 cm³/mol. The third-order valence-electron chi connectivity index (χ3n) is 4.71. The molecule has 2 nitrogen and oxygen atoms in total. The quantitative estimate of drug-likeness (QED) is 0.485. The second kappa shape index (κ2) is 6.48. The summed E-state index contributed by atoms with van der Waals surface area (Å²) in [6.45, 7) is 0. The Balaban J connectivity index is 1.85. The topological polar surface area (TPSA) is 18.5 Å². The minimum absolute atomic E-state index is 0.766. The predicted octanol–water partition coefficient (Wildman–Crippen LogP) is 5.60. The summed E-state index contributed by atoms with van der Waals surface area (Å²) >= 11 is 0. The number of rotatable bonds is 4. The van der Waals surface area contributed by atoms with Crippen LogP contribution < -0.4 is 9.47 Å². The van der Waals surface area contributed by atoms with Crippen molar-refractivity contribution in [2.75, 3.05) is 14.2 Å². The Hall–Kier alpha value is -3.00. The Kier molecular flexibility index (Phi) is 4.02. The molecular formula is C23H20O2. The first-order valence-electron chi connectivity index (χ1n) is 8.41. The molecule has 0 aliphatic carbocycles. The van der Waals surface area contributed by atoms with Crippen LogP contribution >= 0.6 is 0 Å². The van der Waals surface area contributed by atoms with Crippen molar-refractivity contribution in [2.45, 2.75) is 6.42 Å². The minimum Gasteiger partial charge on any atom is -0.496 e. The molecule has 0 aliphatic heterocycles. The SMILES string of the molecule is COc1c(Cc2ccc3ccccc3c2OC)ccc2ccccc12. The lowest BCUT2D eigenvalue weighted by Crippen LogP contribution is -1.98. The van der Waals surface area contributed by atoms with Gasteiger partial charge in [-0.1, -0.05) is 72.8 Å². The molecule has 25 heavy (non-hydrogen) atoms. The van der Waals surface area contributed by atoms with Crippen molar-refractivity contribution in [1.29, 1.82) is 0 Å². The Morgan fingerprint density at radius 2 is 1.00 bits per heavy atom. The van der Waals surface area contributed by atoms with Crippen LogP contribution in [0.25, 0.3) is 21.5 Å². The van der Waals surface area contributed by atoms with Crippen LogP contribution in [0.4, 0.5) is 0 Å². The average molecular weight is 328 g/mol. The van der Waals surface area contributed by atoms with Gasteiger partial charge in [0.05, 0.1) is 14.2 Å². The lowest BCUT2D eigenvalue weighted by Gasteiger charge is -2.15. The first-order chi connectivity index (χ1) is 12.3. The van der Waals surface area contributed by atoms with Gasteiger partial charge in [0, 0.05) is 17.2 Å². The van der Waals surface area contributed by atoms with E-state index in [1.807, 2.05) is 24.3 Å². The molecule has 0 radical (unpaired) electrons. The Labute approximate surface area is 147 Å². The molecule has 0 N–H and O–H groups in total. The molecule has 0 heterocycles. The van der Waals surface area contributed by atoms with Gasteiger partial charge in [0.25, 0.3) is 0 Å². The second-order valence-corrected chi connectivity index (χ2v) is 6.13. The smallest absolute Gasteiger partial charge is 0.130 e. The normalized spacial score (nSPS) is 11.0. The molecule has 0 amide bonds. The molecule has 0 aromatic heterocycles. The number of methoxy groups -OCH3 is 2. The standard InChI is InChI=1S/C23H20O2/c1-24-22-18(13-11-16-7-3-5-9-20(16)22)15-19-14-12-17-8-4-6-10-21(17)23(19)25-2/h3-14H,15H2,1-2H3. The number of fused-ring (bicyclic) bond motifs is 2. The molecule has 0 aliphatic rings. The summed E-state index contributed by atoms with van der Waals surface area (Å²) in [5.74, 6) is 1.88. The van der Waals surface area contributed by atoms with Gasteiger partial charge in [-0.25, -0.2) is 0 Å². The van der Waals surface area contributed by atoms with Crippen LogP contribution in [0.5, 0.6) is 11.5 Å². The third kappa shape index (κ3) is 2.70. The summed E-state index contributed by atoms with van der Waals surface area (Å²) in [5.41, 5.74) is 2.32. The van der Waals surface area contributed by atoms with Gasteiger partial charge < -0.3 is 9.47 Å². The van der Waals surface area contributed by atoms with Crippen molar-refractivity contribution < 1.29 is 9.47 Å². The van der Waals surface area contributed by atoms with Crippen LogP contribution in [0.3, 0.4) is 0 Å². The molecule has 0 bridgehead atoms. The van der Waals surface area contributed by atoms with Crippen molar-refractivity contribution in [2.24, 2.45) is 0 Å². The molecule has 124 valence electrons. The van der Waals surface area contributed by atoms with E-state index in [2.05, 4.69) is 48.5 Å². The van der Waals surface area contributed by atoms with Gasteiger partial charge in [-0.2, -0.15) is 0 Å². The molecular weight excluding hydrogens is 308 g/mol. The fourth-order valence-electron chi connectivity index (χ4n) is 3.54. The Morgan fingerprint density at radius 1 is 0.560 bits per heavy atom. The molecule has 4 aromatic rings. The lowest BCUT2D eigenvalue weighted by atomic mass is 9.97. The number of ether oxygens (including phenoxy) is 2. The summed E-state index contributed by atoms with van der Waals surface area (Å²) in [7, 11) is 3.48. The monoisotopic (exact) mass is 328 g/mol. The summed E-state index contributed by atoms with van der Waals surface area (Å²) in [6.07, 6.45) is 0.766. The van der Waals surface area contributed by atoms with E-state index in [9.17, 15) is 0 Å². The maximum Gasteiger partial charge on any atom is 0.130 e. The third-order valence-corrected chi connectivity index (χ3v) is 4.71. The van der Waals surface area contributed by atoms with Crippen molar-refractivity contribution in [3.8, 4) is 11.5 Å². The highest BCUT2D eigenvalue weighted by Gasteiger charge is 2.13. The van der Waals surface area contributed by atoms with E-state index < -0.39 is 0 Å². The van der Waals surface area contributed by atoms with Gasteiger partial charge in [0.1, 0.15) is 11.5 Å². The van der Waals surface area contributed by atoms with Gasteiger partial charge >= 0.3 is 0 Å². The second-order valence-electron chi connectivity index (χ2n) is 6.13. The van der Waals surface area contributed by atoms with Crippen LogP contribution in [0.2, 0.25) is 0 Å². The Bertz CT molecular complexity index is 965. The summed E-state index contributed by atoms with van der Waals surface area (Å²) in [6, 6.07) is 25.2. The van der Waals surface area contributed by atoms with E-state index >= 15 is 0 Å². The maximum absolute atomic E-state index is 5.75. The lowest BCUT2D eigenvalue weighted by molar-refractivity contribution is 0.410. The summed E-state index contributed by atoms with van der Waals surface area (Å²) in [5, 5.41) is 4.66. The molecule has 0 saturated heterocycles. The molecule has 0 saturated carbocycles. The molecule has 0 unspecified atom stereocenters. The largest absolute Gasteiger partial charge is 0.496 e. The highest BCUT2D eigenvalue weighted by Crippen LogP contribution is 2.35. The van der Waals surface area contributed by atoms with E-state index in [-0.39, 0.29) is 0 Å². The number of hydrogen-bond donors (Lipinski definition) is 0. The van der Waals surface area contributed by atoms with Gasteiger partial charge in [0.15, 0.2) is 0 Å². The first kappa shape index (κ1) is 15.5. The van der Waals surface area contributed by atoms with Crippen LogP contribution in [0.15, 0.2) is 72.8 Å². The van der Waals surface area contributed by atoms with E-state index in [4.69, 9.17) is 9.47 Å². The van der Waals surface area contributed by atoms with E-state index in [1.54, 1.807) is 14.2 Å². The van der Waals surface area contributed by atoms with Crippen LogP contribution in [0, 0.1) is 0 Å². The van der Waals surface area contributed by atoms with Crippen molar-refractivity contribution in [1.82, 2.24) is 0 Å². The number of hydrogen-bond acceptors (Lipinski definition) is 2. The van der Waals surface area contributed by atoms with Crippen LogP contribution in [0.1, 0.15) is 11.1 Å². The van der Waals surface area contributed by atoms with Crippen molar-refractivity contribution in [3.63, 3.8) is 0 Å². The zero-order chi connectivity index (χ0) is 17.2. The molecule has 0 atom stereocenters. The fraction of sp³-hybridized carbons (Fsp3) is 0.130. The van der Waals surface area contributed by atoms with E-state index in [0.29, 0.717) is 0 Å². The summed E-state index contributed by atoms with van der Waals surface area (Å²) < 4.78 is 11.5. The highest BCUT2D eigenvalue weighted by atomic mass is 16.5. The Morgan fingerprint density at radius 3 is 1.44 bits per heavy atom. The van der Waals surface area contributed by atoms with Crippen LogP contribution in [-0.4, -0.2) is 14.2 Å². The van der Waals surface area contributed by atoms with Crippen molar-refractivity contribution >= 4 is 21.5 Å².